The van der Waals surface area contributed by atoms with Crippen LogP contribution in [0.2, 0.25) is 0 Å². The van der Waals surface area contributed by atoms with Crippen LogP contribution in [0.25, 0.3) is 0 Å². The first-order chi connectivity index (χ1) is 8.25. The van der Waals surface area contributed by atoms with Crippen molar-refractivity contribution in [3.63, 3.8) is 0 Å². The molecule has 0 atom stereocenters. The molecule has 0 saturated carbocycles. The zero-order chi connectivity index (χ0) is 14.0. The smallest absolute Gasteiger partial charge is 0.246 e. The van der Waals surface area contributed by atoms with Gasteiger partial charge in [-0.25, -0.2) is 8.42 Å². The summed E-state index contributed by atoms with van der Waals surface area (Å²) in [5.74, 6) is 0.400. The van der Waals surface area contributed by atoms with Crippen LogP contribution < -0.4 is 0 Å². The highest BCUT2D eigenvalue weighted by atomic mass is 35.5. The van der Waals surface area contributed by atoms with Gasteiger partial charge in [-0.3, -0.25) is 4.68 Å². The van der Waals surface area contributed by atoms with Crippen molar-refractivity contribution in [1.82, 2.24) is 14.1 Å². The predicted octanol–water partition coefficient (Wildman–Crippen LogP) is 1.93. The van der Waals surface area contributed by atoms with Crippen molar-refractivity contribution in [3.05, 3.63) is 12.4 Å². The maximum atomic E-state index is 12.4. The second kappa shape index (κ2) is 5.59. The number of sulfonamides is 1. The van der Waals surface area contributed by atoms with Crippen LogP contribution in [0.5, 0.6) is 0 Å². The van der Waals surface area contributed by atoms with Gasteiger partial charge in [0.25, 0.3) is 0 Å². The molecule has 0 aliphatic rings. The minimum atomic E-state index is -3.50. The number of aryl methyl sites for hydroxylation is 1. The van der Waals surface area contributed by atoms with E-state index in [1.807, 2.05) is 20.8 Å². The van der Waals surface area contributed by atoms with E-state index >= 15 is 0 Å². The van der Waals surface area contributed by atoms with Crippen LogP contribution in [0, 0.1) is 0 Å². The van der Waals surface area contributed by atoms with Gasteiger partial charge in [0.1, 0.15) is 4.90 Å². The molecule has 0 N–H and O–H groups in total. The number of hydrogen-bond donors (Lipinski definition) is 0. The lowest BCUT2D eigenvalue weighted by atomic mass is 10.0. The molecule has 0 amide bonds. The van der Waals surface area contributed by atoms with E-state index in [9.17, 15) is 8.42 Å². The molecule has 1 aromatic rings. The summed E-state index contributed by atoms with van der Waals surface area (Å²) in [7, 11) is -1.90. The molecule has 0 unspecified atom stereocenters. The van der Waals surface area contributed by atoms with Gasteiger partial charge in [0.15, 0.2) is 0 Å². The summed E-state index contributed by atoms with van der Waals surface area (Å²) in [5.41, 5.74) is -0.423. The molecule has 1 rings (SSSR count). The Bertz CT molecular complexity index is 496. The predicted molar refractivity (Wildman–Crippen MR) is 72.3 cm³/mol. The number of alkyl halides is 1. The van der Waals surface area contributed by atoms with E-state index in [4.69, 9.17) is 11.6 Å². The largest absolute Gasteiger partial charge is 0.270 e. The summed E-state index contributed by atoms with van der Waals surface area (Å²) in [6.45, 7) is 6.25. The van der Waals surface area contributed by atoms with Gasteiger partial charge >= 0.3 is 0 Å². The molecule has 1 aromatic heterocycles. The fraction of sp³-hybridized carbons (Fsp3) is 0.727. The van der Waals surface area contributed by atoms with Crippen molar-refractivity contribution < 1.29 is 8.42 Å². The molecule has 1 heterocycles. The van der Waals surface area contributed by atoms with Crippen molar-refractivity contribution in [2.24, 2.45) is 0 Å². The maximum Gasteiger partial charge on any atom is 0.246 e. The lowest BCUT2D eigenvalue weighted by Gasteiger charge is -2.33. The van der Waals surface area contributed by atoms with Crippen LogP contribution in [-0.2, 0) is 16.6 Å². The summed E-state index contributed by atoms with van der Waals surface area (Å²) in [5, 5.41) is 3.99. The van der Waals surface area contributed by atoms with Crippen LogP contribution >= 0.6 is 11.6 Å². The minimum absolute atomic E-state index is 0.205. The van der Waals surface area contributed by atoms with Crippen LogP contribution in [-0.4, -0.2) is 41.0 Å². The molecule has 5 nitrogen and oxygen atoms in total. The van der Waals surface area contributed by atoms with Crippen LogP contribution in [0.4, 0.5) is 0 Å². The highest BCUT2D eigenvalue weighted by molar-refractivity contribution is 7.89. The van der Waals surface area contributed by atoms with Crippen molar-refractivity contribution >= 4 is 21.6 Å². The fourth-order valence-corrected chi connectivity index (χ4v) is 3.10. The van der Waals surface area contributed by atoms with Gasteiger partial charge in [0.2, 0.25) is 10.0 Å². The zero-order valence-corrected chi connectivity index (χ0v) is 12.8. The number of rotatable bonds is 6. The monoisotopic (exact) mass is 293 g/mol. The van der Waals surface area contributed by atoms with Gasteiger partial charge in [0.05, 0.1) is 12.7 Å². The third-order valence-corrected chi connectivity index (χ3v) is 5.49. The number of halogens is 1. The van der Waals surface area contributed by atoms with E-state index < -0.39 is 15.6 Å². The molecule has 0 saturated heterocycles. The van der Waals surface area contributed by atoms with Gasteiger partial charge in [-0.1, -0.05) is 6.92 Å². The Kier molecular flexibility index (Phi) is 4.80. The first kappa shape index (κ1) is 15.5. The Hall–Kier alpha value is -0.590. The summed E-state index contributed by atoms with van der Waals surface area (Å²) in [6, 6.07) is 0. The van der Waals surface area contributed by atoms with E-state index in [1.54, 1.807) is 7.05 Å². The maximum absolute atomic E-state index is 12.4. The van der Waals surface area contributed by atoms with Crippen LogP contribution in [0.15, 0.2) is 17.3 Å². The second-order valence-corrected chi connectivity index (χ2v) is 7.11. The zero-order valence-electron chi connectivity index (χ0n) is 11.2. The van der Waals surface area contributed by atoms with Crippen LogP contribution in [0.1, 0.15) is 27.2 Å². The van der Waals surface area contributed by atoms with Gasteiger partial charge in [0, 0.05) is 24.7 Å². The average Bonchev–Trinajstić information content (AvgIpc) is 2.77. The second-order valence-electron chi connectivity index (χ2n) is 4.77. The third kappa shape index (κ3) is 3.05. The van der Waals surface area contributed by atoms with E-state index in [0.29, 0.717) is 12.4 Å². The molecule has 0 spiro atoms. The Morgan fingerprint density at radius 3 is 2.61 bits per heavy atom. The van der Waals surface area contributed by atoms with E-state index in [1.165, 1.54) is 21.4 Å². The first-order valence-electron chi connectivity index (χ1n) is 5.83. The molecule has 7 heteroatoms. The normalized spacial score (nSPS) is 13.2. The molecule has 104 valence electrons. The molecule has 0 aromatic carbocycles. The van der Waals surface area contributed by atoms with Gasteiger partial charge < -0.3 is 0 Å². The topological polar surface area (TPSA) is 55.2 Å². The third-order valence-electron chi connectivity index (χ3n) is 3.30. The lowest BCUT2D eigenvalue weighted by Crippen LogP contribution is -2.44. The van der Waals surface area contributed by atoms with E-state index in [2.05, 4.69) is 5.10 Å². The van der Waals surface area contributed by atoms with Crippen molar-refractivity contribution in [1.29, 1.82) is 0 Å². The molecule has 0 radical (unpaired) electrons. The minimum Gasteiger partial charge on any atom is -0.270 e. The summed E-state index contributed by atoms with van der Waals surface area (Å²) in [4.78, 5) is 0.205. The van der Waals surface area contributed by atoms with Crippen molar-refractivity contribution in [2.75, 3.05) is 12.9 Å². The molecular formula is C11H20ClN3O2S. The highest BCUT2D eigenvalue weighted by Crippen LogP contribution is 2.24. The Balaban J connectivity index is 3.05. The van der Waals surface area contributed by atoms with E-state index in [-0.39, 0.29) is 4.90 Å². The summed E-state index contributed by atoms with van der Waals surface area (Å²) in [6.07, 6.45) is 3.61. The Morgan fingerprint density at radius 2 is 2.11 bits per heavy atom. The number of aromatic nitrogens is 2. The molecule has 0 fully saturated rings. The average molecular weight is 294 g/mol. The molecule has 0 aliphatic heterocycles. The molecular weight excluding hydrogens is 274 g/mol. The lowest BCUT2D eigenvalue weighted by molar-refractivity contribution is 0.257. The number of hydrogen-bond acceptors (Lipinski definition) is 3. The van der Waals surface area contributed by atoms with E-state index in [0.717, 1.165) is 6.42 Å². The standard InChI is InChI=1S/C11H20ClN3O2S/c1-5-11(2,3)14(4)18(16,17)10-8-13-15(9-10)7-6-12/h8-9H,5-7H2,1-4H3. The van der Waals surface area contributed by atoms with Crippen molar-refractivity contribution in [3.8, 4) is 0 Å². The molecule has 18 heavy (non-hydrogen) atoms. The van der Waals surface area contributed by atoms with Gasteiger partial charge in [-0.15, -0.1) is 11.6 Å². The Morgan fingerprint density at radius 1 is 1.50 bits per heavy atom. The summed E-state index contributed by atoms with van der Waals surface area (Å²) < 4.78 is 27.7. The van der Waals surface area contributed by atoms with Crippen LogP contribution in [0.3, 0.4) is 0 Å². The molecule has 0 aliphatic carbocycles. The molecule has 0 bridgehead atoms. The van der Waals surface area contributed by atoms with Crippen molar-refractivity contribution in [2.45, 2.75) is 44.2 Å². The van der Waals surface area contributed by atoms with Gasteiger partial charge in [-0.2, -0.15) is 9.40 Å². The number of nitrogens with zero attached hydrogens (tertiary/aromatic N) is 3. The quantitative estimate of drug-likeness (QED) is 0.753. The van der Waals surface area contributed by atoms with Gasteiger partial charge in [-0.05, 0) is 20.3 Å². The fourth-order valence-electron chi connectivity index (χ4n) is 1.39. The SMILES string of the molecule is CCC(C)(C)N(C)S(=O)(=O)c1cnn(CCCl)c1. The first-order valence-corrected chi connectivity index (χ1v) is 7.80. The Labute approximate surface area is 114 Å². The highest BCUT2D eigenvalue weighted by Gasteiger charge is 2.33. The summed E-state index contributed by atoms with van der Waals surface area (Å²) >= 11 is 5.60.